The Kier molecular flexibility index (Phi) is 6.11. The molecule has 0 saturated carbocycles. The van der Waals surface area contributed by atoms with Crippen molar-refractivity contribution in [3.63, 3.8) is 0 Å². The summed E-state index contributed by atoms with van der Waals surface area (Å²) in [5, 5.41) is 2.84. The summed E-state index contributed by atoms with van der Waals surface area (Å²) in [6.07, 6.45) is 3.75. The van der Waals surface area contributed by atoms with Crippen LogP contribution in [0.3, 0.4) is 0 Å². The maximum atomic E-state index is 12.2. The number of nitrogens with one attached hydrogen (secondary N) is 1. The minimum Gasteiger partial charge on any atom is -0.372 e. The first kappa shape index (κ1) is 19.7. The van der Waals surface area contributed by atoms with Crippen LogP contribution in [0.1, 0.15) is 40.0 Å². The highest BCUT2D eigenvalue weighted by atomic mass is 32.2. The van der Waals surface area contributed by atoms with E-state index in [1.807, 2.05) is 45.0 Å². The molecule has 7 heteroatoms. The number of anilines is 2. The van der Waals surface area contributed by atoms with E-state index in [0.717, 1.165) is 18.8 Å². The molecule has 6 nitrogen and oxygen atoms in total. The van der Waals surface area contributed by atoms with Gasteiger partial charge in [0, 0.05) is 43.0 Å². The van der Waals surface area contributed by atoms with Crippen molar-refractivity contribution in [1.29, 1.82) is 0 Å². The van der Waals surface area contributed by atoms with Gasteiger partial charge in [-0.3, -0.25) is 4.79 Å². The third-order valence-corrected chi connectivity index (χ3v) is 5.84. The molecule has 1 amide bonds. The van der Waals surface area contributed by atoms with Crippen LogP contribution in [-0.2, 0) is 14.8 Å². The molecule has 0 unspecified atom stereocenters. The Bertz CT molecular complexity index is 687. The lowest BCUT2D eigenvalue weighted by Crippen LogP contribution is -2.46. The fourth-order valence-electron chi connectivity index (χ4n) is 3.16. The molecular weight excluding hydrogens is 338 g/mol. The fourth-order valence-corrected chi connectivity index (χ4v) is 4.57. The van der Waals surface area contributed by atoms with Crippen LogP contribution >= 0.6 is 0 Å². The summed E-state index contributed by atoms with van der Waals surface area (Å²) < 4.78 is 25.2. The Labute approximate surface area is 151 Å². The molecule has 1 aromatic rings. The van der Waals surface area contributed by atoms with Gasteiger partial charge in [0.2, 0.25) is 15.9 Å². The molecule has 1 aliphatic rings. The zero-order valence-electron chi connectivity index (χ0n) is 15.6. The summed E-state index contributed by atoms with van der Waals surface area (Å²) in [5.41, 5.74) is 1.35. The minimum atomic E-state index is -3.36. The molecule has 2 rings (SSSR count). The second kappa shape index (κ2) is 7.74. The lowest BCUT2D eigenvalue weighted by molar-refractivity contribution is -0.116. The molecule has 1 aromatic carbocycles. The average molecular weight is 368 g/mol. The second-order valence-electron chi connectivity index (χ2n) is 7.55. The number of sulfonamides is 1. The predicted octanol–water partition coefficient (Wildman–Crippen LogP) is 2.68. The molecule has 0 aliphatic carbocycles. The number of nitrogens with zero attached hydrogens (tertiary/aromatic N) is 2. The van der Waals surface area contributed by atoms with Crippen molar-refractivity contribution in [2.24, 2.45) is 0 Å². The molecule has 25 heavy (non-hydrogen) atoms. The third-order valence-electron chi connectivity index (χ3n) is 4.31. The second-order valence-corrected chi connectivity index (χ2v) is 9.45. The quantitative estimate of drug-likeness (QED) is 0.839. The molecule has 0 bridgehead atoms. The lowest BCUT2D eigenvalue weighted by Gasteiger charge is -2.33. The Morgan fingerprint density at radius 3 is 2.20 bits per heavy atom. The van der Waals surface area contributed by atoms with Crippen LogP contribution in [0, 0.1) is 0 Å². The van der Waals surface area contributed by atoms with Crippen LogP contribution in [0.2, 0.25) is 0 Å². The zero-order chi connectivity index (χ0) is 18.7. The van der Waals surface area contributed by atoms with Crippen LogP contribution in [-0.4, -0.2) is 50.1 Å². The van der Waals surface area contributed by atoms with Crippen molar-refractivity contribution in [1.82, 2.24) is 4.31 Å². The Hall–Kier alpha value is -1.60. The van der Waals surface area contributed by atoms with E-state index >= 15 is 0 Å². The maximum Gasteiger partial charge on any atom is 0.225 e. The van der Waals surface area contributed by atoms with E-state index in [1.54, 1.807) is 0 Å². The number of hydrogen-bond acceptors (Lipinski definition) is 4. The number of rotatable bonds is 6. The molecule has 0 atom stereocenters. The van der Waals surface area contributed by atoms with Gasteiger partial charge in [-0.05, 0) is 57.9 Å². The van der Waals surface area contributed by atoms with Gasteiger partial charge < -0.3 is 10.2 Å². The van der Waals surface area contributed by atoms with Gasteiger partial charge in [-0.1, -0.05) is 0 Å². The van der Waals surface area contributed by atoms with Crippen LogP contribution in [0.25, 0.3) is 0 Å². The highest BCUT2D eigenvalue weighted by Crippen LogP contribution is 2.22. The number of amides is 1. The molecular formula is C18H29N3O3S. The fraction of sp³-hybridized carbons (Fsp3) is 0.611. The maximum absolute atomic E-state index is 12.2. The molecule has 140 valence electrons. The predicted molar refractivity (Wildman–Crippen MR) is 102 cm³/mol. The van der Waals surface area contributed by atoms with Crippen LogP contribution in [0.15, 0.2) is 24.3 Å². The van der Waals surface area contributed by atoms with Gasteiger partial charge >= 0.3 is 0 Å². The van der Waals surface area contributed by atoms with Crippen molar-refractivity contribution in [3.05, 3.63) is 24.3 Å². The first-order valence-corrected chi connectivity index (χ1v) is 10.5. The van der Waals surface area contributed by atoms with E-state index in [0.29, 0.717) is 0 Å². The van der Waals surface area contributed by atoms with Crippen molar-refractivity contribution in [3.8, 4) is 0 Å². The first-order valence-electron chi connectivity index (χ1n) is 8.70. The Morgan fingerprint density at radius 2 is 1.72 bits per heavy atom. The monoisotopic (exact) mass is 367 g/mol. The van der Waals surface area contributed by atoms with Gasteiger partial charge in [0.1, 0.15) is 0 Å². The van der Waals surface area contributed by atoms with E-state index in [1.165, 1.54) is 29.1 Å². The Balaban J connectivity index is 1.91. The van der Waals surface area contributed by atoms with Crippen molar-refractivity contribution < 1.29 is 13.2 Å². The van der Waals surface area contributed by atoms with Crippen molar-refractivity contribution in [2.45, 2.75) is 45.6 Å². The van der Waals surface area contributed by atoms with Crippen LogP contribution in [0.4, 0.5) is 11.4 Å². The molecule has 0 radical (unpaired) electrons. The normalized spacial score (nSPS) is 15.6. The van der Waals surface area contributed by atoms with E-state index < -0.39 is 15.6 Å². The third kappa shape index (κ3) is 5.71. The molecule has 1 fully saturated rings. The summed E-state index contributed by atoms with van der Waals surface area (Å²) in [4.78, 5) is 14.5. The van der Waals surface area contributed by atoms with Crippen molar-refractivity contribution >= 4 is 27.3 Å². The van der Waals surface area contributed by atoms with Crippen LogP contribution < -0.4 is 10.2 Å². The minimum absolute atomic E-state index is 0.123. The zero-order valence-corrected chi connectivity index (χ0v) is 16.4. The summed E-state index contributed by atoms with van der Waals surface area (Å²) in [6.45, 7) is 7.80. The highest BCUT2D eigenvalue weighted by molar-refractivity contribution is 7.88. The van der Waals surface area contributed by atoms with Crippen LogP contribution in [0.5, 0.6) is 0 Å². The van der Waals surface area contributed by atoms with Gasteiger partial charge in [0.05, 0.1) is 6.26 Å². The van der Waals surface area contributed by atoms with E-state index in [-0.39, 0.29) is 18.9 Å². The van der Waals surface area contributed by atoms with E-state index in [2.05, 4.69) is 10.2 Å². The topological polar surface area (TPSA) is 69.7 Å². The van der Waals surface area contributed by atoms with E-state index in [4.69, 9.17) is 0 Å². The lowest BCUT2D eigenvalue weighted by atomic mass is 10.1. The summed E-state index contributed by atoms with van der Waals surface area (Å²) >= 11 is 0. The van der Waals surface area contributed by atoms with Gasteiger partial charge in [-0.25, -0.2) is 8.42 Å². The van der Waals surface area contributed by atoms with Gasteiger partial charge in [-0.2, -0.15) is 4.31 Å². The Morgan fingerprint density at radius 1 is 1.16 bits per heavy atom. The number of benzene rings is 1. The van der Waals surface area contributed by atoms with E-state index in [9.17, 15) is 13.2 Å². The van der Waals surface area contributed by atoms with Gasteiger partial charge in [0.15, 0.2) is 0 Å². The molecule has 1 saturated heterocycles. The first-order chi connectivity index (χ1) is 11.6. The van der Waals surface area contributed by atoms with Crippen molar-refractivity contribution in [2.75, 3.05) is 36.1 Å². The molecule has 0 aromatic heterocycles. The number of carbonyl (C=O) groups is 1. The van der Waals surface area contributed by atoms with Gasteiger partial charge in [0.25, 0.3) is 0 Å². The molecule has 1 N–H and O–H groups in total. The average Bonchev–Trinajstić information content (AvgIpc) is 2.99. The number of hydrogen-bond donors (Lipinski definition) is 1. The highest BCUT2D eigenvalue weighted by Gasteiger charge is 2.29. The standard InChI is InChI=1S/C18H29N3O3S/c1-18(2,3)21(25(4,23)24)14-11-17(22)19-15-7-9-16(10-8-15)20-12-5-6-13-20/h7-10H,5-6,11-14H2,1-4H3,(H,19,22). The number of carbonyl (C=O) groups excluding carboxylic acids is 1. The summed E-state index contributed by atoms with van der Waals surface area (Å²) in [7, 11) is -3.36. The summed E-state index contributed by atoms with van der Waals surface area (Å²) in [6, 6.07) is 7.81. The van der Waals surface area contributed by atoms with Gasteiger partial charge in [-0.15, -0.1) is 0 Å². The SMILES string of the molecule is CC(C)(C)N(CCC(=O)Nc1ccc(N2CCCC2)cc1)S(C)(=O)=O. The molecule has 1 aliphatic heterocycles. The molecule has 0 spiro atoms. The largest absolute Gasteiger partial charge is 0.372 e. The summed E-state index contributed by atoms with van der Waals surface area (Å²) in [5.74, 6) is -0.188. The molecule has 1 heterocycles. The smallest absolute Gasteiger partial charge is 0.225 e.